The number of hydrogen-bond acceptors (Lipinski definition) is 6. The van der Waals surface area contributed by atoms with Crippen molar-refractivity contribution < 1.29 is 18.7 Å². The fourth-order valence-electron chi connectivity index (χ4n) is 3.79. The molecular formula is C25H24ClFN6O3. The van der Waals surface area contributed by atoms with Crippen LogP contribution in [-0.4, -0.2) is 42.2 Å². The summed E-state index contributed by atoms with van der Waals surface area (Å²) in [7, 11) is 1.53. The molecule has 1 aliphatic heterocycles. The van der Waals surface area contributed by atoms with Gasteiger partial charge >= 0.3 is 6.03 Å². The van der Waals surface area contributed by atoms with Crippen molar-refractivity contribution in [3.63, 3.8) is 0 Å². The summed E-state index contributed by atoms with van der Waals surface area (Å²) in [5.41, 5.74) is 2.82. The Morgan fingerprint density at radius 1 is 1.31 bits per heavy atom. The Kier molecular flexibility index (Phi) is 7.35. The number of rotatable bonds is 8. The molecule has 0 radical (unpaired) electrons. The summed E-state index contributed by atoms with van der Waals surface area (Å²) in [6.07, 6.45) is 2.73. The molecule has 36 heavy (non-hydrogen) atoms. The first-order valence-corrected chi connectivity index (χ1v) is 11.4. The van der Waals surface area contributed by atoms with Crippen molar-refractivity contribution in [2.24, 2.45) is 0 Å². The van der Waals surface area contributed by atoms with E-state index < -0.39 is 12.7 Å². The monoisotopic (exact) mass is 510 g/mol. The van der Waals surface area contributed by atoms with E-state index in [0.29, 0.717) is 33.4 Å². The molecule has 0 saturated carbocycles. The molecule has 0 unspecified atom stereocenters. The third kappa shape index (κ3) is 4.94. The van der Waals surface area contributed by atoms with Crippen LogP contribution in [0.2, 0.25) is 5.02 Å². The molecule has 2 heterocycles. The maximum atomic E-state index is 13.5. The van der Waals surface area contributed by atoms with Crippen molar-refractivity contribution in [2.75, 3.05) is 40.8 Å². The first-order valence-electron chi connectivity index (χ1n) is 11.0. The summed E-state index contributed by atoms with van der Waals surface area (Å²) in [6.45, 7) is 4.43. The molecule has 3 aromatic rings. The smallest absolute Gasteiger partial charge is 0.330 e. The number of hydrogen-bond donors (Lipinski definition) is 2. The minimum Gasteiger partial charge on any atom is -0.497 e. The largest absolute Gasteiger partial charge is 0.497 e. The van der Waals surface area contributed by atoms with Gasteiger partial charge < -0.3 is 15.4 Å². The normalized spacial score (nSPS) is 12.7. The van der Waals surface area contributed by atoms with Gasteiger partial charge in [-0.1, -0.05) is 30.3 Å². The molecule has 2 aromatic carbocycles. The number of nitrogens with zero attached hydrogens (tertiary/aromatic N) is 4. The van der Waals surface area contributed by atoms with Gasteiger partial charge in [0.05, 0.1) is 42.3 Å². The first-order chi connectivity index (χ1) is 17.4. The number of fused-ring (bicyclic) bond motifs is 1. The Morgan fingerprint density at radius 3 is 2.75 bits per heavy atom. The van der Waals surface area contributed by atoms with Crippen molar-refractivity contribution in [1.82, 2.24) is 9.97 Å². The first kappa shape index (κ1) is 24.9. The van der Waals surface area contributed by atoms with Gasteiger partial charge in [-0.3, -0.25) is 14.6 Å². The Labute approximate surface area is 212 Å². The number of methoxy groups -OCH3 is 1. The molecule has 3 amide bonds. The zero-order valence-corrected chi connectivity index (χ0v) is 20.5. The molecule has 0 bridgehead atoms. The Hall–Kier alpha value is -4.18. The van der Waals surface area contributed by atoms with Crippen LogP contribution < -0.4 is 25.2 Å². The van der Waals surface area contributed by atoms with Gasteiger partial charge in [0.2, 0.25) is 11.9 Å². The number of carbonyl (C=O) groups is 2. The third-order valence-corrected chi connectivity index (χ3v) is 6.04. The number of aromatic nitrogens is 2. The second kappa shape index (κ2) is 10.6. The summed E-state index contributed by atoms with van der Waals surface area (Å²) in [6, 6.07) is 9.94. The minimum atomic E-state index is -0.771. The third-order valence-electron chi connectivity index (χ3n) is 5.55. The molecule has 11 heteroatoms. The van der Waals surface area contributed by atoms with Crippen LogP contribution in [0.5, 0.6) is 5.75 Å². The molecular weight excluding hydrogens is 487 g/mol. The molecule has 1 aromatic heterocycles. The Bertz CT molecular complexity index is 1340. The predicted molar refractivity (Wildman–Crippen MR) is 138 cm³/mol. The SMILES string of the molecule is C=CC(=O)Nc1ccccc1Nc1ncc2c(n1)N(CCF)C(=O)N(c1cc(OC)cc(C)c1Cl)C2. The van der Waals surface area contributed by atoms with Crippen LogP contribution in [0, 0.1) is 6.92 Å². The lowest BCUT2D eigenvalue weighted by Gasteiger charge is -2.36. The zero-order chi connectivity index (χ0) is 25.8. The van der Waals surface area contributed by atoms with Crippen molar-refractivity contribution in [2.45, 2.75) is 13.5 Å². The fourth-order valence-corrected chi connectivity index (χ4v) is 4.00. The molecule has 0 aliphatic carbocycles. The van der Waals surface area contributed by atoms with E-state index in [1.165, 1.54) is 16.9 Å². The number of ether oxygens (including phenoxy) is 1. The van der Waals surface area contributed by atoms with Gasteiger partial charge in [-0.2, -0.15) is 4.98 Å². The van der Waals surface area contributed by atoms with Crippen molar-refractivity contribution in [1.29, 1.82) is 0 Å². The minimum absolute atomic E-state index is 0.134. The number of amides is 3. The lowest BCUT2D eigenvalue weighted by atomic mass is 10.1. The van der Waals surface area contributed by atoms with Crippen molar-refractivity contribution in [3.05, 3.63) is 71.4 Å². The van der Waals surface area contributed by atoms with Crippen LogP contribution in [0.15, 0.2) is 55.3 Å². The highest BCUT2D eigenvalue weighted by atomic mass is 35.5. The zero-order valence-electron chi connectivity index (χ0n) is 19.7. The van der Waals surface area contributed by atoms with E-state index in [9.17, 15) is 14.0 Å². The van der Waals surface area contributed by atoms with Gasteiger partial charge in [-0.25, -0.2) is 14.2 Å². The van der Waals surface area contributed by atoms with Crippen LogP contribution in [0.4, 0.5) is 38.0 Å². The highest BCUT2D eigenvalue weighted by molar-refractivity contribution is 6.34. The number of nitrogens with one attached hydrogen (secondary N) is 2. The molecule has 9 nitrogen and oxygen atoms in total. The maximum Gasteiger partial charge on any atom is 0.330 e. The number of carbonyl (C=O) groups excluding carboxylic acids is 2. The number of benzene rings is 2. The quantitative estimate of drug-likeness (QED) is 0.402. The van der Waals surface area contributed by atoms with Gasteiger partial charge in [-0.05, 0) is 36.8 Å². The second-order valence-electron chi connectivity index (χ2n) is 7.89. The summed E-state index contributed by atoms with van der Waals surface area (Å²) in [4.78, 5) is 36.8. The summed E-state index contributed by atoms with van der Waals surface area (Å²) in [5, 5.41) is 6.15. The fraction of sp³-hybridized carbons (Fsp3) is 0.200. The summed E-state index contributed by atoms with van der Waals surface area (Å²) in [5.74, 6) is 0.631. The molecule has 4 rings (SSSR count). The number of para-hydroxylation sites is 2. The standard InChI is InChI=1S/C25H24ClFN6O3/c1-4-21(34)29-18-7-5-6-8-19(18)30-24-28-13-16-14-33(25(35)32(10-9-27)23(16)31-24)20-12-17(36-3)11-15(2)22(20)26/h4-8,11-13H,1,9-10,14H2,2-3H3,(H,29,34)(H,28,30,31). The van der Waals surface area contributed by atoms with Crippen LogP contribution in [-0.2, 0) is 11.3 Å². The molecule has 0 fully saturated rings. The molecule has 0 spiro atoms. The molecule has 1 aliphatic rings. The lowest BCUT2D eigenvalue weighted by molar-refractivity contribution is -0.111. The predicted octanol–water partition coefficient (Wildman–Crippen LogP) is 5.23. The van der Waals surface area contributed by atoms with Gasteiger partial charge in [-0.15, -0.1) is 0 Å². The van der Waals surface area contributed by atoms with E-state index >= 15 is 0 Å². The Morgan fingerprint density at radius 2 is 2.06 bits per heavy atom. The van der Waals surface area contributed by atoms with E-state index in [0.717, 1.165) is 11.6 Å². The van der Waals surface area contributed by atoms with E-state index in [-0.39, 0.29) is 30.8 Å². The van der Waals surface area contributed by atoms with Crippen molar-refractivity contribution >= 4 is 52.4 Å². The highest BCUT2D eigenvalue weighted by Gasteiger charge is 2.34. The van der Waals surface area contributed by atoms with Crippen molar-refractivity contribution in [3.8, 4) is 5.75 Å². The number of halogens is 2. The maximum absolute atomic E-state index is 13.5. The van der Waals surface area contributed by atoms with E-state index in [1.807, 2.05) is 6.92 Å². The molecule has 0 saturated heterocycles. The topological polar surface area (TPSA) is 99.7 Å². The average molecular weight is 511 g/mol. The lowest BCUT2D eigenvalue weighted by Crippen LogP contribution is -2.49. The van der Waals surface area contributed by atoms with E-state index in [4.69, 9.17) is 16.3 Å². The van der Waals surface area contributed by atoms with E-state index in [2.05, 4.69) is 27.2 Å². The number of aryl methyl sites for hydroxylation is 1. The Balaban J connectivity index is 1.70. The molecule has 2 N–H and O–H groups in total. The van der Waals surface area contributed by atoms with Gasteiger partial charge in [0.15, 0.2) is 0 Å². The van der Waals surface area contributed by atoms with Gasteiger partial charge in [0.1, 0.15) is 18.2 Å². The van der Waals surface area contributed by atoms with Gasteiger partial charge in [0.25, 0.3) is 0 Å². The van der Waals surface area contributed by atoms with Gasteiger partial charge in [0, 0.05) is 17.8 Å². The number of alkyl halides is 1. The molecule has 186 valence electrons. The average Bonchev–Trinajstić information content (AvgIpc) is 2.88. The molecule has 0 atom stereocenters. The number of urea groups is 1. The summed E-state index contributed by atoms with van der Waals surface area (Å²) < 4.78 is 18.9. The highest BCUT2D eigenvalue weighted by Crippen LogP contribution is 2.38. The number of anilines is 5. The summed E-state index contributed by atoms with van der Waals surface area (Å²) >= 11 is 6.53. The van der Waals surface area contributed by atoms with Crippen LogP contribution in [0.3, 0.4) is 0 Å². The van der Waals surface area contributed by atoms with Crippen LogP contribution in [0.25, 0.3) is 0 Å². The second-order valence-corrected chi connectivity index (χ2v) is 8.27. The van der Waals surface area contributed by atoms with Crippen LogP contribution >= 0.6 is 11.6 Å². The van der Waals surface area contributed by atoms with Crippen LogP contribution in [0.1, 0.15) is 11.1 Å². The van der Waals surface area contributed by atoms with E-state index in [1.54, 1.807) is 42.6 Å².